The van der Waals surface area contributed by atoms with Gasteiger partial charge in [0.15, 0.2) is 0 Å². The van der Waals surface area contributed by atoms with Crippen LogP contribution in [0.15, 0.2) is 6.07 Å². The van der Waals surface area contributed by atoms with Gasteiger partial charge in [-0.3, -0.25) is 0 Å². The lowest BCUT2D eigenvalue weighted by molar-refractivity contribution is 0.150. The predicted molar refractivity (Wildman–Crippen MR) is 46.4 cm³/mol. The molecule has 0 saturated heterocycles. The molecule has 0 spiro atoms. The van der Waals surface area contributed by atoms with E-state index in [-0.39, 0.29) is 17.1 Å². The topological polar surface area (TPSA) is 66.1 Å². The molecular formula is C9H8F2N2O2. The number of aromatic nitrogens is 1. The molecule has 0 aliphatic heterocycles. The minimum atomic E-state index is -2.80. The largest absolute Gasteiger partial charge is 0.481 e. The maximum Gasteiger partial charge on any atom is 0.265 e. The van der Waals surface area contributed by atoms with Gasteiger partial charge in [-0.1, -0.05) is 0 Å². The summed E-state index contributed by atoms with van der Waals surface area (Å²) < 4.78 is 29.7. The van der Waals surface area contributed by atoms with Crippen LogP contribution in [0.2, 0.25) is 0 Å². The van der Waals surface area contributed by atoms with Gasteiger partial charge in [-0.2, -0.15) is 5.26 Å². The van der Waals surface area contributed by atoms with Crippen molar-refractivity contribution in [3.8, 4) is 11.9 Å². The van der Waals surface area contributed by atoms with E-state index in [0.29, 0.717) is 0 Å². The molecule has 1 aromatic heterocycles. The van der Waals surface area contributed by atoms with E-state index in [0.717, 1.165) is 6.07 Å². The fourth-order valence-corrected chi connectivity index (χ4v) is 1.11. The summed E-state index contributed by atoms with van der Waals surface area (Å²) in [5.74, 6) is -0.0478. The summed E-state index contributed by atoms with van der Waals surface area (Å²) in [6.45, 7) is -0.584. The first kappa shape index (κ1) is 11.3. The van der Waals surface area contributed by atoms with Gasteiger partial charge in [0, 0.05) is 11.6 Å². The van der Waals surface area contributed by atoms with Gasteiger partial charge >= 0.3 is 0 Å². The average molecular weight is 214 g/mol. The summed E-state index contributed by atoms with van der Waals surface area (Å²) in [5, 5.41) is 17.5. The van der Waals surface area contributed by atoms with Crippen molar-refractivity contribution in [1.82, 2.24) is 4.98 Å². The number of hydrogen-bond acceptors (Lipinski definition) is 4. The van der Waals surface area contributed by atoms with Crippen LogP contribution in [0.1, 0.15) is 23.2 Å². The number of rotatable bonds is 3. The standard InChI is InChI=1S/C9H8F2N2O2/c1-15-8-2-5(9(10)11)6(3-12)7(4-14)13-8/h2,9,14H,4H2,1H3. The van der Waals surface area contributed by atoms with Gasteiger partial charge in [0.25, 0.3) is 6.43 Å². The van der Waals surface area contributed by atoms with Crippen LogP contribution in [-0.4, -0.2) is 17.2 Å². The fourth-order valence-electron chi connectivity index (χ4n) is 1.11. The SMILES string of the molecule is COc1cc(C(F)F)c(C#N)c(CO)n1. The summed E-state index contributed by atoms with van der Waals surface area (Å²) in [4.78, 5) is 3.70. The van der Waals surface area contributed by atoms with E-state index in [1.54, 1.807) is 6.07 Å². The third kappa shape index (κ3) is 2.19. The first-order chi connectivity index (χ1) is 7.13. The Balaban J connectivity index is 3.41. The third-order valence-corrected chi connectivity index (χ3v) is 1.81. The summed E-state index contributed by atoms with van der Waals surface area (Å²) in [6, 6.07) is 2.58. The lowest BCUT2D eigenvalue weighted by Crippen LogP contribution is -2.03. The van der Waals surface area contributed by atoms with Crippen molar-refractivity contribution in [2.75, 3.05) is 7.11 Å². The van der Waals surface area contributed by atoms with Gasteiger partial charge in [0.05, 0.1) is 25.0 Å². The average Bonchev–Trinajstić information content (AvgIpc) is 2.26. The highest BCUT2D eigenvalue weighted by atomic mass is 19.3. The maximum atomic E-state index is 12.5. The first-order valence-electron chi connectivity index (χ1n) is 4.01. The number of aliphatic hydroxyl groups excluding tert-OH is 1. The Labute approximate surface area is 84.7 Å². The summed E-state index contributed by atoms with van der Waals surface area (Å²) >= 11 is 0. The van der Waals surface area contributed by atoms with E-state index in [1.165, 1.54) is 7.11 Å². The van der Waals surface area contributed by atoms with E-state index in [1.807, 2.05) is 0 Å². The predicted octanol–water partition coefficient (Wildman–Crippen LogP) is 1.39. The molecule has 80 valence electrons. The van der Waals surface area contributed by atoms with Crippen molar-refractivity contribution >= 4 is 0 Å². The molecule has 0 aliphatic rings. The zero-order valence-electron chi connectivity index (χ0n) is 7.87. The molecule has 0 saturated carbocycles. The lowest BCUT2D eigenvalue weighted by atomic mass is 10.1. The van der Waals surface area contributed by atoms with Gasteiger partial charge in [-0.25, -0.2) is 13.8 Å². The second kappa shape index (κ2) is 4.66. The Bertz CT molecular complexity index is 402. The van der Waals surface area contributed by atoms with Crippen LogP contribution < -0.4 is 4.74 Å². The molecular weight excluding hydrogens is 206 g/mol. The zero-order valence-corrected chi connectivity index (χ0v) is 7.87. The molecule has 1 N–H and O–H groups in total. The lowest BCUT2D eigenvalue weighted by Gasteiger charge is -2.08. The molecule has 0 unspecified atom stereocenters. The molecule has 4 nitrogen and oxygen atoms in total. The number of halogens is 2. The molecule has 0 bridgehead atoms. The van der Waals surface area contributed by atoms with Crippen molar-refractivity contribution < 1.29 is 18.6 Å². The Kier molecular flexibility index (Phi) is 3.52. The summed E-state index contributed by atoms with van der Waals surface area (Å²) in [5.41, 5.74) is -0.881. The molecule has 0 atom stereocenters. The maximum absolute atomic E-state index is 12.5. The molecule has 0 fully saturated rings. The molecule has 1 heterocycles. The van der Waals surface area contributed by atoms with Crippen molar-refractivity contribution in [2.24, 2.45) is 0 Å². The zero-order chi connectivity index (χ0) is 11.4. The molecule has 0 aliphatic carbocycles. The van der Waals surface area contributed by atoms with Crippen molar-refractivity contribution in [3.63, 3.8) is 0 Å². The van der Waals surface area contributed by atoms with Crippen LogP contribution in [-0.2, 0) is 6.61 Å². The van der Waals surface area contributed by atoms with Gasteiger partial charge in [0.1, 0.15) is 6.07 Å². The van der Waals surface area contributed by atoms with Gasteiger partial charge in [-0.15, -0.1) is 0 Å². The smallest absolute Gasteiger partial charge is 0.265 e. The van der Waals surface area contributed by atoms with Crippen LogP contribution in [0.4, 0.5) is 8.78 Å². The Morgan fingerprint density at radius 1 is 1.67 bits per heavy atom. The normalized spacial score (nSPS) is 10.1. The van der Waals surface area contributed by atoms with E-state index in [9.17, 15) is 8.78 Å². The number of ether oxygens (including phenoxy) is 1. The molecule has 6 heteroatoms. The van der Waals surface area contributed by atoms with Crippen LogP contribution in [0.25, 0.3) is 0 Å². The van der Waals surface area contributed by atoms with Crippen LogP contribution in [0.5, 0.6) is 5.88 Å². The minimum Gasteiger partial charge on any atom is -0.481 e. The van der Waals surface area contributed by atoms with Crippen LogP contribution in [0, 0.1) is 11.3 Å². The number of pyridine rings is 1. The highest BCUT2D eigenvalue weighted by Crippen LogP contribution is 2.27. The fraction of sp³-hybridized carbons (Fsp3) is 0.333. The van der Waals surface area contributed by atoms with E-state index in [4.69, 9.17) is 10.4 Å². The van der Waals surface area contributed by atoms with Crippen molar-refractivity contribution in [1.29, 1.82) is 5.26 Å². The van der Waals surface area contributed by atoms with Crippen LogP contribution in [0.3, 0.4) is 0 Å². The van der Waals surface area contributed by atoms with E-state index >= 15 is 0 Å². The second-order valence-corrected chi connectivity index (χ2v) is 2.65. The van der Waals surface area contributed by atoms with Crippen LogP contribution >= 0.6 is 0 Å². The van der Waals surface area contributed by atoms with Crippen molar-refractivity contribution in [2.45, 2.75) is 13.0 Å². The third-order valence-electron chi connectivity index (χ3n) is 1.81. The number of hydrogen-bond donors (Lipinski definition) is 1. The molecule has 0 amide bonds. The Morgan fingerprint density at radius 2 is 2.33 bits per heavy atom. The van der Waals surface area contributed by atoms with Gasteiger partial charge in [0.2, 0.25) is 5.88 Å². The summed E-state index contributed by atoms with van der Waals surface area (Å²) in [7, 11) is 1.27. The molecule has 0 aromatic carbocycles. The van der Waals surface area contributed by atoms with Crippen molar-refractivity contribution in [3.05, 3.63) is 22.9 Å². The number of aliphatic hydroxyl groups is 1. The molecule has 1 aromatic rings. The first-order valence-corrected chi connectivity index (χ1v) is 4.01. The van der Waals surface area contributed by atoms with E-state index in [2.05, 4.69) is 9.72 Å². The monoisotopic (exact) mass is 214 g/mol. The molecule has 15 heavy (non-hydrogen) atoms. The number of nitrogens with zero attached hydrogens (tertiary/aromatic N) is 2. The number of nitriles is 1. The molecule has 0 radical (unpaired) electrons. The van der Waals surface area contributed by atoms with Gasteiger partial charge < -0.3 is 9.84 Å². The highest BCUT2D eigenvalue weighted by molar-refractivity contribution is 5.44. The van der Waals surface area contributed by atoms with E-state index < -0.39 is 18.6 Å². The minimum absolute atomic E-state index is 0.0478. The number of alkyl halides is 2. The Hall–Kier alpha value is -1.74. The molecule has 1 rings (SSSR count). The highest BCUT2D eigenvalue weighted by Gasteiger charge is 2.19. The number of methoxy groups -OCH3 is 1. The quantitative estimate of drug-likeness (QED) is 0.825. The Morgan fingerprint density at radius 3 is 2.73 bits per heavy atom. The van der Waals surface area contributed by atoms with Gasteiger partial charge in [-0.05, 0) is 0 Å². The summed E-state index contributed by atoms with van der Waals surface area (Å²) in [6.07, 6.45) is -2.80. The second-order valence-electron chi connectivity index (χ2n) is 2.65.